The van der Waals surface area contributed by atoms with Crippen LogP contribution in [0.3, 0.4) is 0 Å². The summed E-state index contributed by atoms with van der Waals surface area (Å²) >= 11 is 0. The van der Waals surface area contributed by atoms with E-state index >= 15 is 0 Å². The second-order valence-corrected chi connectivity index (χ2v) is 6.43. The highest BCUT2D eigenvalue weighted by Gasteiger charge is 2.56. The van der Waals surface area contributed by atoms with Crippen molar-refractivity contribution < 1.29 is 14.2 Å². The van der Waals surface area contributed by atoms with E-state index in [9.17, 15) is 0 Å². The molecule has 4 fully saturated rings. The first-order chi connectivity index (χ1) is 9.22. The third-order valence-corrected chi connectivity index (χ3v) is 4.98. The summed E-state index contributed by atoms with van der Waals surface area (Å²) in [5.41, 5.74) is 0.104. The van der Waals surface area contributed by atoms with Gasteiger partial charge in [-0.2, -0.15) is 0 Å². The molecule has 1 saturated carbocycles. The molecule has 1 aliphatic carbocycles. The van der Waals surface area contributed by atoms with Gasteiger partial charge in [0.25, 0.3) is 5.97 Å². The maximum Gasteiger partial charge on any atom is 0.285 e. The number of hydrogen-bond donors (Lipinski definition) is 0. The van der Waals surface area contributed by atoms with Gasteiger partial charge in [0, 0.05) is 17.3 Å². The summed E-state index contributed by atoms with van der Waals surface area (Å²) in [4.78, 5) is 0. The van der Waals surface area contributed by atoms with Crippen LogP contribution < -0.4 is 0 Å². The van der Waals surface area contributed by atoms with Crippen LogP contribution in [0.5, 0.6) is 0 Å². The highest BCUT2D eigenvalue weighted by molar-refractivity contribution is 4.98. The lowest BCUT2D eigenvalue weighted by atomic mass is 9.78. The van der Waals surface area contributed by atoms with Gasteiger partial charge in [-0.25, -0.2) is 0 Å². The van der Waals surface area contributed by atoms with E-state index in [1.165, 1.54) is 0 Å². The first-order valence-electron chi connectivity index (χ1n) is 7.60. The minimum absolute atomic E-state index is 0.104. The van der Waals surface area contributed by atoms with Gasteiger partial charge in [-0.3, -0.25) is 0 Å². The smallest absolute Gasteiger partial charge is 0.285 e. The number of rotatable bonds is 3. The van der Waals surface area contributed by atoms with Crippen LogP contribution in [0.4, 0.5) is 0 Å². The zero-order chi connectivity index (χ0) is 13.3. The fourth-order valence-corrected chi connectivity index (χ4v) is 3.73. The first kappa shape index (κ1) is 13.4. The lowest BCUT2D eigenvalue weighted by molar-refractivity contribution is -0.488. The number of ether oxygens (including phenoxy) is 3. The molecule has 0 aromatic carbocycles. The van der Waals surface area contributed by atoms with Crippen molar-refractivity contribution in [1.82, 2.24) is 0 Å². The van der Waals surface area contributed by atoms with Crippen molar-refractivity contribution >= 4 is 0 Å². The van der Waals surface area contributed by atoms with E-state index in [0.29, 0.717) is 11.8 Å². The van der Waals surface area contributed by atoms with Gasteiger partial charge < -0.3 is 14.2 Å². The molecule has 0 aromatic rings. The predicted octanol–water partition coefficient (Wildman–Crippen LogP) is 2.94. The predicted molar refractivity (Wildman–Crippen MR) is 72.2 cm³/mol. The van der Waals surface area contributed by atoms with Gasteiger partial charge in [-0.05, 0) is 32.1 Å². The van der Waals surface area contributed by atoms with E-state index in [4.69, 9.17) is 20.6 Å². The van der Waals surface area contributed by atoms with Crippen molar-refractivity contribution in [1.29, 1.82) is 0 Å². The van der Waals surface area contributed by atoms with Crippen LogP contribution in [-0.4, -0.2) is 25.8 Å². The number of hydrogen-bond acceptors (Lipinski definition) is 3. The summed E-state index contributed by atoms with van der Waals surface area (Å²) in [5, 5.41) is 0. The summed E-state index contributed by atoms with van der Waals surface area (Å²) in [5.74, 6) is 2.89. The van der Waals surface area contributed by atoms with Crippen molar-refractivity contribution in [3.8, 4) is 12.3 Å². The normalized spacial score (nSPS) is 45.9. The fourth-order valence-electron chi connectivity index (χ4n) is 3.73. The minimum Gasteiger partial charge on any atom is -0.326 e. The van der Waals surface area contributed by atoms with Crippen molar-refractivity contribution in [2.45, 2.75) is 51.4 Å². The Bertz CT molecular complexity index is 338. The molecule has 0 atom stereocenters. The molecule has 0 amide bonds. The number of fused-ring (bicyclic) bond motifs is 3. The standard InChI is InChI=1S/C16H24O3/c1-3-9-15-10-17-16(18-11-15,19-12-15)14-7-5-13(4-2)6-8-14/h2,13-14H,3,5-12H2,1H3. The van der Waals surface area contributed by atoms with Gasteiger partial charge in [0.2, 0.25) is 0 Å². The summed E-state index contributed by atoms with van der Waals surface area (Å²) in [6.45, 7) is 4.56. The third kappa shape index (κ3) is 2.31. The molecule has 0 N–H and O–H groups in total. The van der Waals surface area contributed by atoms with Crippen molar-refractivity contribution in [3.05, 3.63) is 0 Å². The number of terminal acetylenes is 1. The highest BCUT2D eigenvalue weighted by atomic mass is 16.9. The molecule has 3 aliphatic heterocycles. The first-order valence-corrected chi connectivity index (χ1v) is 7.60. The second kappa shape index (κ2) is 5.09. The second-order valence-electron chi connectivity index (χ2n) is 6.43. The minimum atomic E-state index is -0.755. The molecule has 4 rings (SSSR count). The van der Waals surface area contributed by atoms with E-state index < -0.39 is 5.97 Å². The average Bonchev–Trinajstić information content (AvgIpc) is 2.49. The molecule has 3 heterocycles. The van der Waals surface area contributed by atoms with E-state index in [0.717, 1.165) is 58.3 Å². The quantitative estimate of drug-likeness (QED) is 0.734. The van der Waals surface area contributed by atoms with Crippen LogP contribution in [0.25, 0.3) is 0 Å². The van der Waals surface area contributed by atoms with Gasteiger partial charge >= 0.3 is 0 Å². The van der Waals surface area contributed by atoms with E-state index in [-0.39, 0.29) is 5.41 Å². The topological polar surface area (TPSA) is 27.7 Å². The Balaban J connectivity index is 1.63. The van der Waals surface area contributed by atoms with Crippen LogP contribution in [0, 0.1) is 29.6 Å². The SMILES string of the molecule is C#CC1CCC(C23OCC(CCC)(CO2)CO3)CC1. The van der Waals surface area contributed by atoms with Crippen LogP contribution >= 0.6 is 0 Å². The Morgan fingerprint density at radius 1 is 1.05 bits per heavy atom. The molecule has 3 nitrogen and oxygen atoms in total. The molecule has 19 heavy (non-hydrogen) atoms. The molecule has 0 spiro atoms. The molecule has 106 valence electrons. The summed E-state index contributed by atoms with van der Waals surface area (Å²) in [7, 11) is 0. The average molecular weight is 264 g/mol. The Labute approximate surface area is 116 Å². The third-order valence-electron chi connectivity index (χ3n) is 4.98. The van der Waals surface area contributed by atoms with Gasteiger partial charge in [-0.1, -0.05) is 13.3 Å². The van der Waals surface area contributed by atoms with Crippen LogP contribution in [0.2, 0.25) is 0 Å². The molecular formula is C16H24O3. The van der Waals surface area contributed by atoms with Gasteiger partial charge in [0.15, 0.2) is 0 Å². The lowest BCUT2D eigenvalue weighted by Gasteiger charge is -2.55. The Kier molecular flexibility index (Phi) is 3.59. The van der Waals surface area contributed by atoms with Gasteiger partial charge in [0.1, 0.15) is 0 Å². The van der Waals surface area contributed by atoms with Gasteiger partial charge in [0.05, 0.1) is 19.8 Å². The summed E-state index contributed by atoms with van der Waals surface area (Å²) < 4.78 is 18.1. The van der Waals surface area contributed by atoms with Crippen molar-refractivity contribution in [2.75, 3.05) is 19.8 Å². The van der Waals surface area contributed by atoms with Crippen molar-refractivity contribution in [2.24, 2.45) is 17.3 Å². The maximum atomic E-state index is 6.03. The van der Waals surface area contributed by atoms with Gasteiger partial charge in [-0.15, -0.1) is 12.3 Å². The Morgan fingerprint density at radius 2 is 1.63 bits per heavy atom. The molecule has 2 bridgehead atoms. The van der Waals surface area contributed by atoms with Crippen molar-refractivity contribution in [3.63, 3.8) is 0 Å². The molecule has 0 aromatic heterocycles. The van der Waals surface area contributed by atoms with E-state index in [1.54, 1.807) is 0 Å². The molecule has 3 saturated heterocycles. The molecular weight excluding hydrogens is 240 g/mol. The van der Waals surface area contributed by atoms with E-state index in [2.05, 4.69) is 12.8 Å². The summed E-state index contributed by atoms with van der Waals surface area (Å²) in [6.07, 6.45) is 12.0. The molecule has 4 aliphatic rings. The zero-order valence-electron chi connectivity index (χ0n) is 11.8. The van der Waals surface area contributed by atoms with E-state index in [1.807, 2.05) is 0 Å². The zero-order valence-corrected chi connectivity index (χ0v) is 11.8. The summed E-state index contributed by atoms with van der Waals surface area (Å²) in [6, 6.07) is 0. The highest BCUT2D eigenvalue weighted by Crippen LogP contribution is 2.48. The lowest BCUT2D eigenvalue weighted by Crippen LogP contribution is -2.63. The monoisotopic (exact) mass is 264 g/mol. The molecule has 0 unspecified atom stereocenters. The van der Waals surface area contributed by atoms with Crippen LogP contribution in [-0.2, 0) is 14.2 Å². The fraction of sp³-hybridized carbons (Fsp3) is 0.875. The van der Waals surface area contributed by atoms with Crippen LogP contribution in [0.1, 0.15) is 45.4 Å². The largest absolute Gasteiger partial charge is 0.326 e. The Hall–Kier alpha value is -0.560. The maximum absolute atomic E-state index is 6.03. The Morgan fingerprint density at radius 3 is 2.11 bits per heavy atom. The molecule has 3 heteroatoms. The van der Waals surface area contributed by atoms with Crippen LogP contribution in [0.15, 0.2) is 0 Å². The molecule has 0 radical (unpaired) electrons.